The van der Waals surface area contributed by atoms with E-state index >= 15 is 0 Å². The highest BCUT2D eigenvalue weighted by Gasteiger charge is 2.09. The molecule has 0 saturated carbocycles. The highest BCUT2D eigenvalue weighted by atomic mass is 32.2. The first kappa shape index (κ1) is 14.9. The van der Waals surface area contributed by atoms with Crippen LogP contribution in [-0.4, -0.2) is 17.0 Å². The van der Waals surface area contributed by atoms with E-state index in [9.17, 15) is 4.39 Å². The Balaban J connectivity index is 2.03. The highest BCUT2D eigenvalue weighted by Crippen LogP contribution is 2.22. The third kappa shape index (κ3) is 3.77. The van der Waals surface area contributed by atoms with E-state index in [1.165, 1.54) is 12.1 Å². The topological polar surface area (TPSA) is 37.8 Å². The molecule has 0 radical (unpaired) electrons. The Kier molecular flexibility index (Phi) is 5.09. The molecule has 0 aliphatic carbocycles. The van der Waals surface area contributed by atoms with Gasteiger partial charge in [0.05, 0.1) is 5.75 Å². The maximum Gasteiger partial charge on any atom is 0.138 e. The summed E-state index contributed by atoms with van der Waals surface area (Å²) in [5, 5.41) is 3.18. The van der Waals surface area contributed by atoms with Gasteiger partial charge in [-0.05, 0) is 45.2 Å². The van der Waals surface area contributed by atoms with Gasteiger partial charge in [0, 0.05) is 28.4 Å². The summed E-state index contributed by atoms with van der Waals surface area (Å²) in [4.78, 5) is 9.94. The molecule has 0 amide bonds. The Morgan fingerprint density at radius 1 is 1.30 bits per heavy atom. The summed E-state index contributed by atoms with van der Waals surface area (Å²) in [5.41, 5.74) is 2.11. The van der Waals surface area contributed by atoms with Gasteiger partial charge in [-0.25, -0.2) is 14.4 Å². The second kappa shape index (κ2) is 6.81. The summed E-state index contributed by atoms with van der Waals surface area (Å²) in [6.07, 6.45) is 1.88. The second-order valence-electron chi connectivity index (χ2n) is 4.58. The first-order valence-corrected chi connectivity index (χ1v) is 7.46. The lowest BCUT2D eigenvalue weighted by Crippen LogP contribution is -2.15. The van der Waals surface area contributed by atoms with Crippen LogP contribution >= 0.6 is 11.8 Å². The molecular formula is C15H18FN3S. The molecule has 1 aromatic carbocycles. The van der Waals surface area contributed by atoms with Crippen molar-refractivity contribution in [2.75, 3.05) is 7.05 Å². The Morgan fingerprint density at radius 3 is 2.60 bits per heavy atom. The minimum atomic E-state index is -0.216. The van der Waals surface area contributed by atoms with E-state index < -0.39 is 0 Å². The molecule has 0 spiro atoms. The molecule has 2 rings (SSSR count). The van der Waals surface area contributed by atoms with Crippen molar-refractivity contribution < 1.29 is 4.39 Å². The number of nitrogens with zero attached hydrogens (tertiary/aromatic N) is 2. The molecule has 0 saturated heterocycles. The number of hydrogen-bond donors (Lipinski definition) is 1. The van der Waals surface area contributed by atoms with E-state index in [0.717, 1.165) is 22.0 Å². The third-order valence-corrected chi connectivity index (χ3v) is 4.16. The molecule has 1 atom stereocenters. The van der Waals surface area contributed by atoms with Crippen LogP contribution in [0.1, 0.15) is 30.0 Å². The lowest BCUT2D eigenvalue weighted by atomic mass is 10.1. The fraction of sp³-hybridized carbons (Fsp3) is 0.333. The van der Waals surface area contributed by atoms with E-state index in [1.807, 2.05) is 20.2 Å². The van der Waals surface area contributed by atoms with Crippen LogP contribution < -0.4 is 5.32 Å². The van der Waals surface area contributed by atoms with Crippen LogP contribution in [0.25, 0.3) is 0 Å². The minimum absolute atomic E-state index is 0.216. The van der Waals surface area contributed by atoms with E-state index in [1.54, 1.807) is 23.9 Å². The molecule has 0 aliphatic heterocycles. The fourth-order valence-corrected chi connectivity index (χ4v) is 2.62. The quantitative estimate of drug-likeness (QED) is 0.856. The van der Waals surface area contributed by atoms with Gasteiger partial charge in [-0.3, -0.25) is 0 Å². The molecule has 0 bridgehead atoms. The van der Waals surface area contributed by atoms with E-state index in [4.69, 9.17) is 0 Å². The van der Waals surface area contributed by atoms with Crippen LogP contribution in [0.4, 0.5) is 4.39 Å². The molecule has 0 aliphatic rings. The largest absolute Gasteiger partial charge is 0.313 e. The summed E-state index contributed by atoms with van der Waals surface area (Å²) in [6, 6.07) is 6.71. The van der Waals surface area contributed by atoms with Gasteiger partial charge in [0.25, 0.3) is 0 Å². The van der Waals surface area contributed by atoms with Gasteiger partial charge in [-0.15, -0.1) is 11.8 Å². The molecule has 1 unspecified atom stereocenters. The Bertz CT molecular complexity index is 572. The molecule has 5 heteroatoms. The van der Waals surface area contributed by atoms with Gasteiger partial charge >= 0.3 is 0 Å². The van der Waals surface area contributed by atoms with Gasteiger partial charge in [0.15, 0.2) is 0 Å². The standard InChI is InChI=1S/C15H18FN3S/c1-10(17-3)14-8-18-15(19-11(14)2)9-20-13-6-4-12(16)5-7-13/h4-8,10,17H,9H2,1-3H3. The summed E-state index contributed by atoms with van der Waals surface area (Å²) >= 11 is 1.60. The lowest BCUT2D eigenvalue weighted by Gasteiger charge is -2.13. The monoisotopic (exact) mass is 291 g/mol. The van der Waals surface area contributed by atoms with E-state index in [0.29, 0.717) is 5.75 Å². The molecule has 0 fully saturated rings. The van der Waals surface area contributed by atoms with Crippen LogP contribution in [0.15, 0.2) is 35.4 Å². The minimum Gasteiger partial charge on any atom is -0.313 e. The van der Waals surface area contributed by atoms with Crippen molar-refractivity contribution >= 4 is 11.8 Å². The smallest absolute Gasteiger partial charge is 0.138 e. The predicted molar refractivity (Wildman–Crippen MR) is 80.2 cm³/mol. The van der Waals surface area contributed by atoms with Gasteiger partial charge in [0.1, 0.15) is 11.6 Å². The Morgan fingerprint density at radius 2 is 2.00 bits per heavy atom. The van der Waals surface area contributed by atoms with Crippen molar-refractivity contribution in [1.82, 2.24) is 15.3 Å². The molecule has 3 nitrogen and oxygen atoms in total. The maximum absolute atomic E-state index is 12.8. The molecule has 2 aromatic rings. The van der Waals surface area contributed by atoms with Crippen molar-refractivity contribution in [2.45, 2.75) is 30.5 Å². The summed E-state index contributed by atoms with van der Waals surface area (Å²) in [6.45, 7) is 4.08. The van der Waals surface area contributed by atoms with Crippen LogP contribution in [0.2, 0.25) is 0 Å². The van der Waals surface area contributed by atoms with Crippen molar-refractivity contribution in [3.05, 3.63) is 53.4 Å². The Labute approximate surface area is 123 Å². The zero-order valence-corrected chi connectivity index (χ0v) is 12.7. The zero-order valence-electron chi connectivity index (χ0n) is 11.9. The maximum atomic E-state index is 12.8. The number of rotatable bonds is 5. The van der Waals surface area contributed by atoms with E-state index in [2.05, 4.69) is 22.2 Å². The average Bonchev–Trinajstić information content (AvgIpc) is 2.46. The highest BCUT2D eigenvalue weighted by molar-refractivity contribution is 7.98. The van der Waals surface area contributed by atoms with Crippen molar-refractivity contribution in [2.24, 2.45) is 0 Å². The second-order valence-corrected chi connectivity index (χ2v) is 5.63. The van der Waals surface area contributed by atoms with Crippen molar-refractivity contribution in [1.29, 1.82) is 0 Å². The van der Waals surface area contributed by atoms with Crippen LogP contribution in [0, 0.1) is 12.7 Å². The molecular weight excluding hydrogens is 273 g/mol. The van der Waals surface area contributed by atoms with Gasteiger partial charge in [-0.1, -0.05) is 0 Å². The van der Waals surface area contributed by atoms with Crippen molar-refractivity contribution in [3.63, 3.8) is 0 Å². The molecule has 1 heterocycles. The Hall–Kier alpha value is -1.46. The summed E-state index contributed by atoms with van der Waals surface area (Å²) < 4.78 is 12.8. The summed E-state index contributed by atoms with van der Waals surface area (Å²) in [5.74, 6) is 1.26. The number of thioether (sulfide) groups is 1. The molecule has 106 valence electrons. The molecule has 20 heavy (non-hydrogen) atoms. The van der Waals surface area contributed by atoms with Gasteiger partial charge in [0.2, 0.25) is 0 Å². The van der Waals surface area contributed by atoms with Gasteiger partial charge in [-0.2, -0.15) is 0 Å². The van der Waals surface area contributed by atoms with Gasteiger partial charge < -0.3 is 5.32 Å². The van der Waals surface area contributed by atoms with Crippen molar-refractivity contribution in [3.8, 4) is 0 Å². The van der Waals surface area contributed by atoms with Crippen LogP contribution in [0.3, 0.4) is 0 Å². The lowest BCUT2D eigenvalue weighted by molar-refractivity contribution is 0.626. The SMILES string of the molecule is CNC(C)c1cnc(CSc2ccc(F)cc2)nc1C. The first-order chi connectivity index (χ1) is 9.60. The molecule has 1 N–H and O–H groups in total. The molecule has 1 aromatic heterocycles. The fourth-order valence-electron chi connectivity index (χ4n) is 1.85. The number of halogens is 1. The van der Waals surface area contributed by atoms with Crippen LogP contribution in [0.5, 0.6) is 0 Å². The number of nitrogens with one attached hydrogen (secondary N) is 1. The number of hydrogen-bond acceptors (Lipinski definition) is 4. The average molecular weight is 291 g/mol. The predicted octanol–water partition coefficient (Wildman–Crippen LogP) is 3.50. The number of aromatic nitrogens is 2. The van der Waals surface area contributed by atoms with E-state index in [-0.39, 0.29) is 11.9 Å². The zero-order chi connectivity index (χ0) is 14.5. The summed E-state index contributed by atoms with van der Waals surface area (Å²) in [7, 11) is 1.92. The first-order valence-electron chi connectivity index (χ1n) is 6.48. The normalized spacial score (nSPS) is 12.4. The number of benzene rings is 1. The number of aryl methyl sites for hydroxylation is 1. The van der Waals surface area contributed by atoms with Crippen LogP contribution in [-0.2, 0) is 5.75 Å². The third-order valence-electron chi connectivity index (χ3n) is 3.15.